The third kappa shape index (κ3) is 4.82. The maximum atomic E-state index is 12.3. The summed E-state index contributed by atoms with van der Waals surface area (Å²) in [6.45, 7) is 1.45. The van der Waals surface area contributed by atoms with Crippen molar-refractivity contribution >= 4 is 17.9 Å². The maximum Gasteiger partial charge on any atom is 0.268 e. The predicted molar refractivity (Wildman–Crippen MR) is 85.3 cm³/mol. The zero-order chi connectivity index (χ0) is 16.7. The Morgan fingerprint density at radius 1 is 1.22 bits per heavy atom. The van der Waals surface area contributed by atoms with Gasteiger partial charge in [-0.05, 0) is 31.2 Å². The van der Waals surface area contributed by atoms with Gasteiger partial charge in [0.1, 0.15) is 11.5 Å². The van der Waals surface area contributed by atoms with Gasteiger partial charge in [0.05, 0.1) is 12.9 Å². The van der Waals surface area contributed by atoms with Crippen LogP contribution in [0.5, 0.6) is 0 Å². The molecule has 0 spiro atoms. The molecule has 0 aliphatic carbocycles. The summed E-state index contributed by atoms with van der Waals surface area (Å²) in [5, 5.41) is 14.2. The SMILES string of the molecule is CC(CO)NC(=O)/C(=C/c1ccco1)NC(=O)c1ccccc1. The number of nitrogens with one attached hydrogen (secondary N) is 2. The highest BCUT2D eigenvalue weighted by molar-refractivity contribution is 6.05. The molecule has 0 saturated heterocycles. The number of furan rings is 1. The molecule has 0 saturated carbocycles. The van der Waals surface area contributed by atoms with Crippen molar-refractivity contribution in [3.8, 4) is 0 Å². The lowest BCUT2D eigenvalue weighted by molar-refractivity contribution is -0.118. The van der Waals surface area contributed by atoms with Gasteiger partial charge in [0, 0.05) is 17.7 Å². The summed E-state index contributed by atoms with van der Waals surface area (Å²) in [7, 11) is 0. The zero-order valence-electron chi connectivity index (χ0n) is 12.7. The molecule has 3 N–H and O–H groups in total. The van der Waals surface area contributed by atoms with Gasteiger partial charge in [-0.15, -0.1) is 0 Å². The van der Waals surface area contributed by atoms with Crippen molar-refractivity contribution < 1.29 is 19.1 Å². The fourth-order valence-electron chi connectivity index (χ4n) is 1.81. The predicted octanol–water partition coefficient (Wildman–Crippen LogP) is 1.55. The molecule has 1 unspecified atom stereocenters. The molecule has 2 rings (SSSR count). The van der Waals surface area contributed by atoms with E-state index in [-0.39, 0.29) is 12.3 Å². The van der Waals surface area contributed by atoms with E-state index in [1.54, 1.807) is 49.4 Å². The number of carbonyl (C=O) groups is 2. The van der Waals surface area contributed by atoms with Crippen molar-refractivity contribution in [2.75, 3.05) is 6.61 Å². The van der Waals surface area contributed by atoms with E-state index in [1.807, 2.05) is 0 Å². The fourth-order valence-corrected chi connectivity index (χ4v) is 1.81. The molecule has 2 aromatic rings. The van der Waals surface area contributed by atoms with E-state index in [9.17, 15) is 9.59 Å². The second-order valence-electron chi connectivity index (χ2n) is 4.95. The first-order chi connectivity index (χ1) is 11.1. The largest absolute Gasteiger partial charge is 0.465 e. The smallest absolute Gasteiger partial charge is 0.268 e. The molecule has 1 aromatic carbocycles. The Balaban J connectivity index is 2.20. The number of benzene rings is 1. The topological polar surface area (TPSA) is 91.6 Å². The molecule has 1 heterocycles. The molecule has 1 aromatic heterocycles. The number of aliphatic hydroxyl groups is 1. The Morgan fingerprint density at radius 3 is 2.57 bits per heavy atom. The Kier molecular flexibility index (Phi) is 5.71. The maximum absolute atomic E-state index is 12.3. The summed E-state index contributed by atoms with van der Waals surface area (Å²) < 4.78 is 5.18. The van der Waals surface area contributed by atoms with E-state index < -0.39 is 17.9 Å². The van der Waals surface area contributed by atoms with Gasteiger partial charge < -0.3 is 20.2 Å². The lowest BCUT2D eigenvalue weighted by atomic mass is 10.2. The quantitative estimate of drug-likeness (QED) is 0.705. The van der Waals surface area contributed by atoms with Gasteiger partial charge in [-0.2, -0.15) is 0 Å². The first-order valence-corrected chi connectivity index (χ1v) is 7.13. The van der Waals surface area contributed by atoms with E-state index in [0.717, 1.165) is 0 Å². The molecule has 0 radical (unpaired) electrons. The van der Waals surface area contributed by atoms with Crippen LogP contribution in [0.25, 0.3) is 6.08 Å². The van der Waals surface area contributed by atoms with Crippen LogP contribution >= 0.6 is 0 Å². The third-order valence-electron chi connectivity index (χ3n) is 3.01. The molecule has 6 nitrogen and oxygen atoms in total. The number of hydrogen-bond donors (Lipinski definition) is 3. The van der Waals surface area contributed by atoms with E-state index >= 15 is 0 Å². The van der Waals surface area contributed by atoms with Crippen molar-refractivity contribution in [2.45, 2.75) is 13.0 Å². The first-order valence-electron chi connectivity index (χ1n) is 7.13. The van der Waals surface area contributed by atoms with Gasteiger partial charge >= 0.3 is 0 Å². The Bertz CT molecular complexity index is 678. The van der Waals surface area contributed by atoms with Crippen LogP contribution in [0.4, 0.5) is 0 Å². The van der Waals surface area contributed by atoms with E-state index in [0.29, 0.717) is 11.3 Å². The number of rotatable bonds is 6. The Hall–Kier alpha value is -2.86. The van der Waals surface area contributed by atoms with Crippen LogP contribution in [0.15, 0.2) is 58.8 Å². The standard InChI is InChI=1S/C17H18N2O4/c1-12(11-20)18-17(22)15(10-14-8-5-9-23-14)19-16(21)13-6-3-2-4-7-13/h2-10,12,20H,11H2,1H3,(H,18,22)(H,19,21)/b15-10-. The molecular formula is C17H18N2O4. The molecule has 0 fully saturated rings. The van der Waals surface area contributed by atoms with Crippen molar-refractivity contribution in [2.24, 2.45) is 0 Å². The molecule has 1 atom stereocenters. The highest BCUT2D eigenvalue weighted by atomic mass is 16.3. The molecule has 23 heavy (non-hydrogen) atoms. The van der Waals surface area contributed by atoms with Gasteiger partial charge in [0.15, 0.2) is 0 Å². The second-order valence-corrected chi connectivity index (χ2v) is 4.95. The second kappa shape index (κ2) is 7.95. The molecule has 2 amide bonds. The van der Waals surface area contributed by atoms with Gasteiger partial charge in [-0.3, -0.25) is 9.59 Å². The lowest BCUT2D eigenvalue weighted by Crippen LogP contribution is -2.40. The zero-order valence-corrected chi connectivity index (χ0v) is 12.7. The van der Waals surface area contributed by atoms with Crippen molar-refractivity contribution in [1.29, 1.82) is 0 Å². The third-order valence-corrected chi connectivity index (χ3v) is 3.01. The average molecular weight is 314 g/mol. The van der Waals surface area contributed by atoms with Crippen LogP contribution < -0.4 is 10.6 Å². The lowest BCUT2D eigenvalue weighted by Gasteiger charge is -2.14. The summed E-state index contributed by atoms with van der Waals surface area (Å²) in [5.41, 5.74) is 0.468. The Labute approximate surface area is 133 Å². The van der Waals surface area contributed by atoms with E-state index in [4.69, 9.17) is 9.52 Å². The average Bonchev–Trinajstić information content (AvgIpc) is 3.07. The molecule has 6 heteroatoms. The highest BCUT2D eigenvalue weighted by Gasteiger charge is 2.16. The van der Waals surface area contributed by atoms with Gasteiger partial charge in [-0.1, -0.05) is 18.2 Å². The summed E-state index contributed by atoms with van der Waals surface area (Å²) >= 11 is 0. The van der Waals surface area contributed by atoms with Gasteiger partial charge in [0.25, 0.3) is 11.8 Å². The first kappa shape index (κ1) is 16.5. The van der Waals surface area contributed by atoms with Gasteiger partial charge in [-0.25, -0.2) is 0 Å². The minimum atomic E-state index is -0.507. The summed E-state index contributed by atoms with van der Waals surface area (Å²) in [5.74, 6) is -0.484. The van der Waals surface area contributed by atoms with Crippen LogP contribution in [-0.2, 0) is 4.79 Å². The van der Waals surface area contributed by atoms with Crippen LogP contribution in [0, 0.1) is 0 Å². The van der Waals surface area contributed by atoms with E-state index in [1.165, 1.54) is 12.3 Å². The van der Waals surface area contributed by atoms with Crippen LogP contribution in [0.2, 0.25) is 0 Å². The number of aliphatic hydroxyl groups excluding tert-OH is 1. The van der Waals surface area contributed by atoms with E-state index in [2.05, 4.69) is 10.6 Å². The van der Waals surface area contributed by atoms with Crippen LogP contribution in [-0.4, -0.2) is 29.6 Å². The number of hydrogen-bond acceptors (Lipinski definition) is 4. The molecular weight excluding hydrogens is 296 g/mol. The Morgan fingerprint density at radius 2 is 1.96 bits per heavy atom. The fraction of sp³-hybridized carbons (Fsp3) is 0.176. The monoisotopic (exact) mass is 314 g/mol. The van der Waals surface area contributed by atoms with Crippen molar-refractivity contribution in [1.82, 2.24) is 10.6 Å². The normalized spacial score (nSPS) is 12.5. The molecule has 0 bridgehead atoms. The van der Waals surface area contributed by atoms with Gasteiger partial charge in [0.2, 0.25) is 0 Å². The molecule has 0 aliphatic rings. The summed E-state index contributed by atoms with van der Waals surface area (Å²) in [6.07, 6.45) is 2.90. The molecule has 0 aliphatic heterocycles. The number of carbonyl (C=O) groups excluding carboxylic acids is 2. The summed E-state index contributed by atoms with van der Waals surface area (Å²) in [4.78, 5) is 24.5. The van der Waals surface area contributed by atoms with Crippen LogP contribution in [0.3, 0.4) is 0 Å². The highest BCUT2D eigenvalue weighted by Crippen LogP contribution is 2.08. The number of amides is 2. The molecule has 120 valence electrons. The minimum Gasteiger partial charge on any atom is -0.465 e. The minimum absolute atomic E-state index is 0.0362. The summed E-state index contributed by atoms with van der Waals surface area (Å²) in [6, 6.07) is 11.5. The van der Waals surface area contributed by atoms with Crippen molar-refractivity contribution in [3.05, 3.63) is 65.7 Å². The van der Waals surface area contributed by atoms with Crippen LogP contribution in [0.1, 0.15) is 23.0 Å². The van der Waals surface area contributed by atoms with Crippen molar-refractivity contribution in [3.63, 3.8) is 0 Å².